The van der Waals surface area contributed by atoms with Gasteiger partial charge in [-0.1, -0.05) is 0 Å². The average Bonchev–Trinajstić information content (AvgIpc) is 2.63. The van der Waals surface area contributed by atoms with Crippen LogP contribution in [0.1, 0.15) is 10.7 Å². The number of thiazole rings is 1. The van der Waals surface area contributed by atoms with Gasteiger partial charge in [0.05, 0.1) is 6.54 Å². The number of benzene rings is 1. The predicted molar refractivity (Wildman–Crippen MR) is 68.3 cm³/mol. The lowest BCUT2D eigenvalue weighted by molar-refractivity contribution is 0.627. The van der Waals surface area contributed by atoms with Gasteiger partial charge < -0.3 is 5.32 Å². The maximum Gasteiger partial charge on any atom is 0.124 e. The first-order chi connectivity index (χ1) is 7.65. The maximum atomic E-state index is 12.8. The summed E-state index contributed by atoms with van der Waals surface area (Å²) in [6, 6.07) is 4.58. The van der Waals surface area contributed by atoms with E-state index in [2.05, 4.69) is 26.2 Å². The van der Waals surface area contributed by atoms with Crippen molar-refractivity contribution >= 4 is 33.0 Å². The molecule has 0 saturated heterocycles. The molecule has 1 aromatic heterocycles. The molecule has 1 aromatic carbocycles. The summed E-state index contributed by atoms with van der Waals surface area (Å²) in [5, 5.41) is 6.24. The van der Waals surface area contributed by atoms with Crippen molar-refractivity contribution in [2.24, 2.45) is 0 Å². The Morgan fingerprint density at radius 3 is 2.94 bits per heavy atom. The summed E-state index contributed by atoms with van der Waals surface area (Å²) < 4.78 is 13.6. The Balaban J connectivity index is 2.04. The Morgan fingerprint density at radius 1 is 1.50 bits per heavy atom. The summed E-state index contributed by atoms with van der Waals surface area (Å²) in [6.07, 6.45) is 0. The Bertz CT molecular complexity index is 498. The highest BCUT2D eigenvalue weighted by molar-refractivity contribution is 9.10. The summed E-state index contributed by atoms with van der Waals surface area (Å²) in [4.78, 5) is 4.34. The van der Waals surface area contributed by atoms with Crippen LogP contribution in [0.4, 0.5) is 10.1 Å². The van der Waals surface area contributed by atoms with E-state index in [1.807, 2.05) is 12.3 Å². The fourth-order valence-electron chi connectivity index (χ4n) is 1.29. The summed E-state index contributed by atoms with van der Waals surface area (Å²) in [7, 11) is 0. The molecule has 0 aliphatic rings. The molecule has 16 heavy (non-hydrogen) atoms. The van der Waals surface area contributed by atoms with Crippen LogP contribution in [0.25, 0.3) is 0 Å². The quantitative estimate of drug-likeness (QED) is 0.928. The van der Waals surface area contributed by atoms with E-state index in [9.17, 15) is 4.39 Å². The molecule has 0 spiro atoms. The number of aromatic nitrogens is 1. The molecule has 5 heteroatoms. The fraction of sp³-hybridized carbons (Fsp3) is 0.182. The van der Waals surface area contributed by atoms with Crippen molar-refractivity contribution in [2.75, 3.05) is 5.32 Å². The zero-order chi connectivity index (χ0) is 11.5. The number of rotatable bonds is 3. The number of halogens is 2. The number of hydrogen-bond acceptors (Lipinski definition) is 3. The van der Waals surface area contributed by atoms with E-state index in [4.69, 9.17) is 0 Å². The van der Waals surface area contributed by atoms with Gasteiger partial charge in [0.1, 0.15) is 10.8 Å². The molecule has 0 fully saturated rings. The monoisotopic (exact) mass is 300 g/mol. The number of nitrogens with one attached hydrogen (secondary N) is 1. The van der Waals surface area contributed by atoms with Gasteiger partial charge in [-0.3, -0.25) is 0 Å². The first-order valence-corrected chi connectivity index (χ1v) is 6.42. The maximum absolute atomic E-state index is 12.8. The van der Waals surface area contributed by atoms with Gasteiger partial charge in [0.2, 0.25) is 0 Å². The van der Waals surface area contributed by atoms with Gasteiger partial charge in [-0.2, -0.15) is 0 Å². The van der Waals surface area contributed by atoms with Crippen LogP contribution < -0.4 is 5.32 Å². The zero-order valence-corrected chi connectivity index (χ0v) is 11.0. The summed E-state index contributed by atoms with van der Waals surface area (Å²) in [5.74, 6) is -0.248. The second-order valence-corrected chi connectivity index (χ2v) is 5.16. The minimum Gasteiger partial charge on any atom is -0.378 e. The molecule has 0 atom stereocenters. The van der Waals surface area contributed by atoms with Gasteiger partial charge in [-0.25, -0.2) is 9.37 Å². The number of anilines is 1. The normalized spacial score (nSPS) is 10.4. The van der Waals surface area contributed by atoms with Crippen LogP contribution in [0.3, 0.4) is 0 Å². The van der Waals surface area contributed by atoms with Crippen molar-refractivity contribution in [1.29, 1.82) is 0 Å². The Labute approximate surface area is 106 Å². The zero-order valence-electron chi connectivity index (χ0n) is 8.63. The van der Waals surface area contributed by atoms with Crippen molar-refractivity contribution in [3.8, 4) is 0 Å². The molecule has 0 bridgehead atoms. The SMILES string of the molecule is Cc1csc(CNc2ccc(F)cc2Br)n1. The van der Waals surface area contributed by atoms with Crippen LogP contribution in [-0.4, -0.2) is 4.98 Å². The average molecular weight is 301 g/mol. The Kier molecular flexibility index (Phi) is 3.56. The first-order valence-electron chi connectivity index (χ1n) is 4.75. The minimum atomic E-state index is -0.248. The number of hydrogen-bond donors (Lipinski definition) is 1. The molecule has 1 N–H and O–H groups in total. The third-order valence-corrected chi connectivity index (χ3v) is 3.65. The highest BCUT2D eigenvalue weighted by Crippen LogP contribution is 2.23. The predicted octanol–water partition coefficient (Wildman–Crippen LogP) is 3.97. The molecule has 2 aromatic rings. The Morgan fingerprint density at radius 2 is 2.31 bits per heavy atom. The standard InChI is InChI=1S/C11H10BrFN2S/c1-7-6-16-11(15-7)5-14-10-3-2-8(13)4-9(10)12/h2-4,6,14H,5H2,1H3. The van der Waals surface area contributed by atoms with E-state index in [1.165, 1.54) is 12.1 Å². The van der Waals surface area contributed by atoms with Crippen molar-refractivity contribution in [3.05, 3.63) is 44.6 Å². The van der Waals surface area contributed by atoms with Gasteiger partial charge in [-0.15, -0.1) is 11.3 Å². The molecular formula is C11H10BrFN2S. The molecule has 84 valence electrons. The third kappa shape index (κ3) is 2.80. The molecule has 0 amide bonds. The van der Waals surface area contributed by atoms with Crippen LogP contribution in [-0.2, 0) is 6.54 Å². The molecule has 1 heterocycles. The second kappa shape index (κ2) is 4.93. The fourth-order valence-corrected chi connectivity index (χ4v) is 2.49. The van der Waals surface area contributed by atoms with Gasteiger partial charge in [-0.05, 0) is 41.1 Å². The highest BCUT2D eigenvalue weighted by atomic mass is 79.9. The molecule has 0 unspecified atom stereocenters. The number of aryl methyl sites for hydroxylation is 1. The molecule has 0 aliphatic carbocycles. The van der Waals surface area contributed by atoms with E-state index in [0.29, 0.717) is 6.54 Å². The lowest BCUT2D eigenvalue weighted by Crippen LogP contribution is -1.99. The number of nitrogens with zero attached hydrogens (tertiary/aromatic N) is 1. The second-order valence-electron chi connectivity index (χ2n) is 3.36. The minimum absolute atomic E-state index is 0.248. The molecule has 0 aliphatic heterocycles. The van der Waals surface area contributed by atoms with Gasteiger partial charge >= 0.3 is 0 Å². The van der Waals surface area contributed by atoms with Gasteiger partial charge in [0.25, 0.3) is 0 Å². The lowest BCUT2D eigenvalue weighted by Gasteiger charge is -2.06. The van der Waals surface area contributed by atoms with Crippen molar-refractivity contribution < 1.29 is 4.39 Å². The van der Waals surface area contributed by atoms with Gasteiger partial charge in [0, 0.05) is 21.2 Å². The van der Waals surface area contributed by atoms with E-state index >= 15 is 0 Å². The van der Waals surface area contributed by atoms with Crippen LogP contribution in [0.15, 0.2) is 28.1 Å². The Hall–Kier alpha value is -0.940. The van der Waals surface area contributed by atoms with Crippen LogP contribution in [0.2, 0.25) is 0 Å². The van der Waals surface area contributed by atoms with Crippen LogP contribution in [0.5, 0.6) is 0 Å². The molecule has 0 saturated carbocycles. The van der Waals surface area contributed by atoms with E-state index < -0.39 is 0 Å². The van der Waals surface area contributed by atoms with Gasteiger partial charge in [0.15, 0.2) is 0 Å². The summed E-state index contributed by atoms with van der Waals surface area (Å²) in [5.41, 5.74) is 1.90. The van der Waals surface area contributed by atoms with E-state index in [-0.39, 0.29) is 5.82 Å². The highest BCUT2D eigenvalue weighted by Gasteiger charge is 2.02. The van der Waals surface area contributed by atoms with Crippen molar-refractivity contribution in [2.45, 2.75) is 13.5 Å². The summed E-state index contributed by atoms with van der Waals surface area (Å²) in [6.45, 7) is 2.62. The smallest absolute Gasteiger partial charge is 0.124 e. The third-order valence-electron chi connectivity index (χ3n) is 2.03. The van der Waals surface area contributed by atoms with Crippen LogP contribution >= 0.6 is 27.3 Å². The lowest BCUT2D eigenvalue weighted by atomic mass is 10.3. The molecule has 2 rings (SSSR count). The molecule has 2 nitrogen and oxygen atoms in total. The van der Waals surface area contributed by atoms with Crippen molar-refractivity contribution in [1.82, 2.24) is 4.98 Å². The van der Waals surface area contributed by atoms with E-state index in [0.717, 1.165) is 20.9 Å². The first kappa shape index (κ1) is 11.5. The van der Waals surface area contributed by atoms with Crippen molar-refractivity contribution in [3.63, 3.8) is 0 Å². The molecule has 0 radical (unpaired) electrons. The molecular weight excluding hydrogens is 291 g/mol. The summed E-state index contributed by atoms with van der Waals surface area (Å²) >= 11 is 4.92. The topological polar surface area (TPSA) is 24.9 Å². The van der Waals surface area contributed by atoms with Crippen LogP contribution in [0, 0.1) is 12.7 Å². The largest absolute Gasteiger partial charge is 0.378 e. The van der Waals surface area contributed by atoms with E-state index in [1.54, 1.807) is 17.4 Å².